The summed E-state index contributed by atoms with van der Waals surface area (Å²) in [6.45, 7) is 2.00. The molecule has 0 aliphatic heterocycles. The summed E-state index contributed by atoms with van der Waals surface area (Å²) in [4.78, 5) is 43.4. The summed E-state index contributed by atoms with van der Waals surface area (Å²) in [5.41, 5.74) is -0.0723. The van der Waals surface area contributed by atoms with Crippen LogP contribution in [0.4, 0.5) is 0 Å². The van der Waals surface area contributed by atoms with Crippen molar-refractivity contribution < 1.29 is 4.79 Å². The monoisotopic (exact) mass is 438 g/mol. The van der Waals surface area contributed by atoms with Gasteiger partial charge in [0, 0.05) is 29.2 Å². The molecule has 28 heavy (non-hydrogen) atoms. The Labute approximate surface area is 174 Å². The van der Waals surface area contributed by atoms with Gasteiger partial charge in [-0.05, 0) is 31.2 Å². The van der Waals surface area contributed by atoms with Crippen LogP contribution in [0.15, 0.2) is 50.1 Å². The number of halogens is 2. The highest BCUT2D eigenvalue weighted by atomic mass is 35.5. The summed E-state index contributed by atoms with van der Waals surface area (Å²) in [6, 6.07) is 6.61. The molecule has 0 spiro atoms. The Bertz CT molecular complexity index is 1190. The van der Waals surface area contributed by atoms with Gasteiger partial charge in [0.05, 0.1) is 5.75 Å². The Morgan fingerprint density at radius 3 is 2.61 bits per heavy atom. The molecule has 0 atom stereocenters. The van der Waals surface area contributed by atoms with E-state index in [1.165, 1.54) is 23.4 Å². The fraction of sp³-hybridized carbons (Fsp3) is 0.222. The number of hydrogen-bond donors (Lipinski definition) is 1. The molecule has 0 aliphatic carbocycles. The molecule has 10 heteroatoms. The standard InChI is InChI=1S/C18H16Cl2N4O3S/c1-10(19)7-8-24-14-15(23(2)17(27)22-16(14)26)21-18(24)28-9-13(25)11-3-5-12(20)6-4-11/h3-7H,8-9H2,1-2H3,(H,22,26,27)/b10-7-. The van der Waals surface area contributed by atoms with Crippen LogP contribution < -0.4 is 11.2 Å². The molecule has 146 valence electrons. The van der Waals surface area contributed by atoms with Crippen molar-refractivity contribution >= 4 is 51.9 Å². The van der Waals surface area contributed by atoms with Crippen molar-refractivity contribution in [2.45, 2.75) is 18.6 Å². The number of benzene rings is 1. The van der Waals surface area contributed by atoms with Crippen molar-refractivity contribution in [3.63, 3.8) is 0 Å². The van der Waals surface area contributed by atoms with Crippen molar-refractivity contribution in [2.24, 2.45) is 7.05 Å². The SMILES string of the molecule is C/C(Cl)=C/Cn1c(SCC(=O)c2ccc(Cl)cc2)nc2c1c(=O)[nH]c(=O)n2C. The molecule has 0 unspecified atom stereocenters. The van der Waals surface area contributed by atoms with Gasteiger partial charge in [-0.25, -0.2) is 9.78 Å². The molecule has 0 radical (unpaired) electrons. The Morgan fingerprint density at radius 2 is 1.96 bits per heavy atom. The van der Waals surface area contributed by atoms with Crippen molar-refractivity contribution in [3.8, 4) is 0 Å². The molecule has 0 aliphatic rings. The molecule has 3 rings (SSSR count). The first-order valence-corrected chi connectivity index (χ1v) is 9.95. The first kappa shape index (κ1) is 20.4. The van der Waals surface area contributed by atoms with E-state index < -0.39 is 11.2 Å². The van der Waals surface area contributed by atoms with Gasteiger partial charge in [0.2, 0.25) is 0 Å². The van der Waals surface area contributed by atoms with Crippen LogP contribution in [0, 0.1) is 0 Å². The number of thioether (sulfide) groups is 1. The maximum atomic E-state index is 12.5. The van der Waals surface area contributed by atoms with Crippen molar-refractivity contribution in [1.29, 1.82) is 0 Å². The topological polar surface area (TPSA) is 89.8 Å². The average molecular weight is 439 g/mol. The number of carbonyl (C=O) groups is 1. The number of allylic oxidation sites excluding steroid dienone is 2. The van der Waals surface area contributed by atoms with Crippen LogP contribution in [0.3, 0.4) is 0 Å². The predicted octanol–water partition coefficient (Wildman–Crippen LogP) is 3.19. The largest absolute Gasteiger partial charge is 0.329 e. The van der Waals surface area contributed by atoms with E-state index in [2.05, 4.69) is 9.97 Å². The summed E-state index contributed by atoms with van der Waals surface area (Å²) in [7, 11) is 1.52. The van der Waals surface area contributed by atoms with Gasteiger partial charge in [0.25, 0.3) is 5.56 Å². The number of aromatic nitrogens is 4. The Morgan fingerprint density at radius 1 is 1.29 bits per heavy atom. The van der Waals surface area contributed by atoms with Gasteiger partial charge in [-0.15, -0.1) is 0 Å². The molecule has 0 fully saturated rings. The maximum absolute atomic E-state index is 12.5. The minimum Gasteiger partial charge on any atom is -0.309 e. The van der Waals surface area contributed by atoms with E-state index in [4.69, 9.17) is 23.2 Å². The number of ketones is 1. The smallest absolute Gasteiger partial charge is 0.309 e. The number of imidazole rings is 1. The van der Waals surface area contributed by atoms with Gasteiger partial charge < -0.3 is 4.57 Å². The molecule has 0 saturated heterocycles. The Balaban J connectivity index is 1.99. The second kappa shape index (κ2) is 8.38. The Hall–Kier alpha value is -2.29. The summed E-state index contributed by atoms with van der Waals surface area (Å²) < 4.78 is 2.90. The summed E-state index contributed by atoms with van der Waals surface area (Å²) in [6.07, 6.45) is 1.72. The molecule has 7 nitrogen and oxygen atoms in total. The van der Waals surface area contributed by atoms with Gasteiger partial charge >= 0.3 is 5.69 Å². The molecule has 0 saturated carbocycles. The van der Waals surface area contributed by atoms with Gasteiger partial charge in [-0.3, -0.25) is 19.1 Å². The number of nitrogens with zero attached hydrogens (tertiary/aromatic N) is 3. The Kier molecular flexibility index (Phi) is 6.12. The molecule has 0 bridgehead atoms. The first-order valence-electron chi connectivity index (χ1n) is 8.21. The average Bonchev–Trinajstić information content (AvgIpc) is 3.02. The number of Topliss-reactive ketones (excluding diaryl/α,β-unsaturated/α-hetero) is 1. The van der Waals surface area contributed by atoms with E-state index in [9.17, 15) is 14.4 Å². The van der Waals surface area contributed by atoms with Crippen molar-refractivity contribution in [1.82, 2.24) is 19.1 Å². The van der Waals surface area contributed by atoms with Crippen LogP contribution in [-0.4, -0.2) is 30.6 Å². The van der Waals surface area contributed by atoms with E-state index in [1.807, 2.05) is 0 Å². The van der Waals surface area contributed by atoms with Crippen molar-refractivity contribution in [2.75, 3.05) is 5.75 Å². The number of aromatic amines is 1. The third kappa shape index (κ3) is 4.24. The van der Waals surface area contributed by atoms with Gasteiger partial charge in [0.1, 0.15) is 0 Å². The highest BCUT2D eigenvalue weighted by Crippen LogP contribution is 2.23. The quantitative estimate of drug-likeness (QED) is 0.471. The van der Waals surface area contributed by atoms with Crippen LogP contribution in [0.1, 0.15) is 17.3 Å². The van der Waals surface area contributed by atoms with Gasteiger partial charge in [-0.1, -0.05) is 41.0 Å². The highest BCUT2D eigenvalue weighted by Gasteiger charge is 2.18. The lowest BCUT2D eigenvalue weighted by molar-refractivity contribution is 0.102. The first-order chi connectivity index (χ1) is 13.3. The second-order valence-electron chi connectivity index (χ2n) is 6.01. The number of aryl methyl sites for hydroxylation is 1. The highest BCUT2D eigenvalue weighted by molar-refractivity contribution is 7.99. The summed E-state index contributed by atoms with van der Waals surface area (Å²) >= 11 is 13.0. The molecule has 2 heterocycles. The zero-order valence-corrected chi connectivity index (χ0v) is 17.4. The van der Waals surface area contributed by atoms with Crippen LogP contribution >= 0.6 is 35.0 Å². The van der Waals surface area contributed by atoms with E-state index in [-0.39, 0.29) is 29.2 Å². The van der Waals surface area contributed by atoms with Crippen LogP contribution in [-0.2, 0) is 13.6 Å². The number of carbonyl (C=O) groups excluding carboxylic acids is 1. The second-order valence-corrected chi connectivity index (χ2v) is 7.98. The molecule has 3 aromatic rings. The number of nitrogens with one attached hydrogen (secondary N) is 1. The lowest BCUT2D eigenvalue weighted by atomic mass is 10.1. The van der Waals surface area contributed by atoms with Crippen LogP contribution in [0.2, 0.25) is 5.02 Å². The maximum Gasteiger partial charge on any atom is 0.329 e. The van der Waals surface area contributed by atoms with Gasteiger partial charge in [-0.2, -0.15) is 0 Å². The lowest BCUT2D eigenvalue weighted by Crippen LogP contribution is -2.29. The lowest BCUT2D eigenvalue weighted by Gasteiger charge is -2.06. The number of H-pyrrole nitrogens is 1. The molecule has 0 amide bonds. The number of fused-ring (bicyclic) bond motifs is 1. The van der Waals surface area contributed by atoms with E-state index in [0.29, 0.717) is 20.8 Å². The van der Waals surface area contributed by atoms with Crippen LogP contribution in [0.5, 0.6) is 0 Å². The van der Waals surface area contributed by atoms with E-state index >= 15 is 0 Å². The van der Waals surface area contributed by atoms with Gasteiger partial charge in [0.15, 0.2) is 22.1 Å². The zero-order chi connectivity index (χ0) is 20.4. The number of hydrogen-bond acceptors (Lipinski definition) is 5. The van der Waals surface area contributed by atoms with Crippen molar-refractivity contribution in [3.05, 3.63) is 66.8 Å². The molecule has 2 aromatic heterocycles. The third-order valence-electron chi connectivity index (χ3n) is 4.03. The van der Waals surface area contributed by atoms with E-state index in [0.717, 1.165) is 0 Å². The van der Waals surface area contributed by atoms with Crippen LogP contribution in [0.25, 0.3) is 11.2 Å². The molecule has 1 aromatic carbocycles. The fourth-order valence-electron chi connectivity index (χ4n) is 2.56. The number of rotatable bonds is 6. The minimum atomic E-state index is -0.556. The normalized spacial score (nSPS) is 11.9. The fourth-order valence-corrected chi connectivity index (χ4v) is 3.65. The summed E-state index contributed by atoms with van der Waals surface area (Å²) in [5, 5.41) is 1.55. The predicted molar refractivity (Wildman–Crippen MR) is 112 cm³/mol. The molecular formula is C18H16Cl2N4O3S. The molecular weight excluding hydrogens is 423 g/mol. The molecule has 1 N–H and O–H groups in total. The third-order valence-corrected chi connectivity index (χ3v) is 5.41. The zero-order valence-electron chi connectivity index (χ0n) is 15.0. The minimum absolute atomic E-state index is 0.105. The van der Waals surface area contributed by atoms with E-state index in [1.54, 1.807) is 41.8 Å². The summed E-state index contributed by atoms with van der Waals surface area (Å²) in [5.74, 6) is 0.00698.